The molecule has 0 spiro atoms. The van der Waals surface area contributed by atoms with Crippen molar-refractivity contribution in [2.45, 2.75) is 26.3 Å². The predicted octanol–water partition coefficient (Wildman–Crippen LogP) is 4.48. The summed E-state index contributed by atoms with van der Waals surface area (Å²) >= 11 is 5.91. The smallest absolute Gasteiger partial charge is 0.246 e. The number of nitrogens with one attached hydrogen (secondary N) is 2. The van der Waals surface area contributed by atoms with Gasteiger partial charge in [0.25, 0.3) is 0 Å². The Balaban J connectivity index is 2.06. The highest BCUT2D eigenvalue weighted by molar-refractivity contribution is 6.33. The van der Waals surface area contributed by atoms with Gasteiger partial charge >= 0.3 is 0 Å². The highest BCUT2D eigenvalue weighted by Gasteiger charge is 2.15. The molecule has 0 bridgehead atoms. The van der Waals surface area contributed by atoms with Gasteiger partial charge in [0.15, 0.2) is 0 Å². The lowest BCUT2D eigenvalue weighted by molar-refractivity contribution is -0.116. The van der Waals surface area contributed by atoms with E-state index in [-0.39, 0.29) is 10.9 Å². The van der Waals surface area contributed by atoms with Crippen LogP contribution in [0, 0.1) is 5.82 Å². The zero-order valence-corrected chi connectivity index (χ0v) is 13.2. The van der Waals surface area contributed by atoms with Gasteiger partial charge < -0.3 is 10.6 Å². The van der Waals surface area contributed by atoms with Gasteiger partial charge in [-0.05, 0) is 43.2 Å². The number of amides is 1. The van der Waals surface area contributed by atoms with Crippen LogP contribution in [0.15, 0.2) is 42.5 Å². The number of halogens is 2. The molecule has 2 aromatic carbocycles. The van der Waals surface area contributed by atoms with Crippen molar-refractivity contribution >= 4 is 28.9 Å². The van der Waals surface area contributed by atoms with Crippen LogP contribution >= 0.6 is 11.6 Å². The summed E-state index contributed by atoms with van der Waals surface area (Å²) in [6, 6.07) is 11.3. The first kappa shape index (κ1) is 16.3. The first-order chi connectivity index (χ1) is 10.5. The second-order valence-corrected chi connectivity index (χ2v) is 5.40. The third-order valence-corrected chi connectivity index (χ3v) is 3.67. The third-order valence-electron chi connectivity index (χ3n) is 3.35. The third kappa shape index (κ3) is 3.98. The fraction of sp³-hybridized carbons (Fsp3) is 0.235. The van der Waals surface area contributed by atoms with Crippen LogP contribution in [-0.4, -0.2) is 11.9 Å². The van der Waals surface area contributed by atoms with E-state index < -0.39 is 11.9 Å². The number of carbonyl (C=O) groups excluding carboxylic acids is 1. The van der Waals surface area contributed by atoms with Gasteiger partial charge in [-0.3, -0.25) is 4.79 Å². The van der Waals surface area contributed by atoms with Gasteiger partial charge in [-0.15, -0.1) is 0 Å². The van der Waals surface area contributed by atoms with Crippen LogP contribution in [0.2, 0.25) is 5.02 Å². The average molecular weight is 321 g/mol. The molecule has 0 aliphatic rings. The Morgan fingerprint density at radius 1 is 1.23 bits per heavy atom. The standard InChI is InChI=1S/C17H18ClFN2O/c1-3-12-6-4-5-7-15(12)20-11(2)17(22)21-16-9-8-13(19)10-14(16)18/h4-11,20H,3H2,1-2H3,(H,21,22)/t11-/m0/s1. The Labute approximate surface area is 134 Å². The molecule has 0 aliphatic carbocycles. The molecule has 1 amide bonds. The molecule has 0 unspecified atom stereocenters. The molecule has 0 radical (unpaired) electrons. The lowest BCUT2D eigenvalue weighted by atomic mass is 10.1. The maximum atomic E-state index is 13.0. The SMILES string of the molecule is CCc1ccccc1N[C@@H](C)C(=O)Nc1ccc(F)cc1Cl. The molecule has 5 heteroatoms. The number of para-hydroxylation sites is 1. The zero-order valence-electron chi connectivity index (χ0n) is 12.5. The predicted molar refractivity (Wildman–Crippen MR) is 88.9 cm³/mol. The summed E-state index contributed by atoms with van der Waals surface area (Å²) in [5, 5.41) is 6.05. The minimum absolute atomic E-state index is 0.175. The van der Waals surface area contributed by atoms with E-state index in [1.54, 1.807) is 6.92 Å². The van der Waals surface area contributed by atoms with Crippen LogP contribution < -0.4 is 10.6 Å². The summed E-state index contributed by atoms with van der Waals surface area (Å²) in [5.41, 5.74) is 2.46. The monoisotopic (exact) mass is 320 g/mol. The van der Waals surface area contributed by atoms with Crippen LogP contribution in [0.3, 0.4) is 0 Å². The van der Waals surface area contributed by atoms with Crippen molar-refractivity contribution in [3.8, 4) is 0 Å². The topological polar surface area (TPSA) is 41.1 Å². The van der Waals surface area contributed by atoms with E-state index >= 15 is 0 Å². The van der Waals surface area contributed by atoms with Crippen LogP contribution in [0.5, 0.6) is 0 Å². The van der Waals surface area contributed by atoms with Gasteiger partial charge in [-0.25, -0.2) is 4.39 Å². The van der Waals surface area contributed by atoms with Crippen molar-refractivity contribution in [1.82, 2.24) is 0 Å². The molecule has 0 fully saturated rings. The van der Waals surface area contributed by atoms with E-state index in [1.807, 2.05) is 24.3 Å². The highest BCUT2D eigenvalue weighted by Crippen LogP contribution is 2.23. The minimum atomic E-state index is -0.450. The Kier molecular flexibility index (Phi) is 5.39. The van der Waals surface area contributed by atoms with Gasteiger partial charge in [-0.2, -0.15) is 0 Å². The molecule has 0 aliphatic heterocycles. The van der Waals surface area contributed by atoms with E-state index in [9.17, 15) is 9.18 Å². The number of carbonyl (C=O) groups is 1. The molecule has 22 heavy (non-hydrogen) atoms. The Morgan fingerprint density at radius 2 is 1.95 bits per heavy atom. The molecule has 1 atom stereocenters. The average Bonchev–Trinajstić information content (AvgIpc) is 2.50. The second kappa shape index (κ2) is 7.27. The van der Waals surface area contributed by atoms with Gasteiger partial charge in [0, 0.05) is 5.69 Å². The van der Waals surface area contributed by atoms with Crippen molar-refractivity contribution < 1.29 is 9.18 Å². The number of aryl methyl sites for hydroxylation is 1. The van der Waals surface area contributed by atoms with Crippen molar-refractivity contribution in [3.63, 3.8) is 0 Å². The van der Waals surface area contributed by atoms with Crippen LogP contribution in [0.25, 0.3) is 0 Å². The second-order valence-electron chi connectivity index (χ2n) is 4.99. The van der Waals surface area contributed by atoms with E-state index in [0.717, 1.165) is 17.7 Å². The molecular formula is C17H18ClFN2O. The summed E-state index contributed by atoms with van der Waals surface area (Å²) in [6.45, 7) is 3.82. The molecule has 0 saturated carbocycles. The Bertz CT molecular complexity index is 675. The zero-order chi connectivity index (χ0) is 16.1. The molecule has 0 heterocycles. The number of rotatable bonds is 5. The van der Waals surface area contributed by atoms with Crippen molar-refractivity contribution in [1.29, 1.82) is 0 Å². The van der Waals surface area contributed by atoms with Crippen LogP contribution in [-0.2, 0) is 11.2 Å². The minimum Gasteiger partial charge on any atom is -0.374 e. The maximum absolute atomic E-state index is 13.0. The molecule has 116 valence electrons. The molecular weight excluding hydrogens is 303 g/mol. The lowest BCUT2D eigenvalue weighted by Crippen LogP contribution is -2.32. The van der Waals surface area contributed by atoms with Gasteiger partial charge in [0.05, 0.1) is 10.7 Å². The molecule has 2 aromatic rings. The molecule has 2 rings (SSSR count). The van der Waals surface area contributed by atoms with Crippen LogP contribution in [0.4, 0.5) is 15.8 Å². The summed E-state index contributed by atoms with van der Waals surface area (Å²) in [7, 11) is 0. The lowest BCUT2D eigenvalue weighted by Gasteiger charge is -2.18. The summed E-state index contributed by atoms with van der Waals surface area (Å²) in [4.78, 5) is 12.2. The normalized spacial score (nSPS) is 11.8. The first-order valence-electron chi connectivity index (χ1n) is 7.11. The van der Waals surface area contributed by atoms with Crippen LogP contribution in [0.1, 0.15) is 19.4 Å². The largest absolute Gasteiger partial charge is 0.374 e. The Morgan fingerprint density at radius 3 is 2.64 bits per heavy atom. The molecule has 2 N–H and O–H groups in total. The summed E-state index contributed by atoms with van der Waals surface area (Å²) in [5.74, 6) is -0.676. The van der Waals surface area contributed by atoms with Gasteiger partial charge in [0.2, 0.25) is 5.91 Å². The van der Waals surface area contributed by atoms with Gasteiger partial charge in [-0.1, -0.05) is 36.7 Å². The van der Waals surface area contributed by atoms with E-state index in [4.69, 9.17) is 11.6 Å². The summed E-state index contributed by atoms with van der Waals surface area (Å²) < 4.78 is 13.0. The maximum Gasteiger partial charge on any atom is 0.246 e. The molecule has 0 saturated heterocycles. The number of anilines is 2. The number of hydrogen-bond donors (Lipinski definition) is 2. The van der Waals surface area contributed by atoms with Crippen molar-refractivity contribution in [3.05, 3.63) is 58.9 Å². The first-order valence-corrected chi connectivity index (χ1v) is 7.49. The van der Waals surface area contributed by atoms with Gasteiger partial charge in [0.1, 0.15) is 11.9 Å². The van der Waals surface area contributed by atoms with E-state index in [0.29, 0.717) is 5.69 Å². The van der Waals surface area contributed by atoms with Crippen molar-refractivity contribution in [2.24, 2.45) is 0 Å². The molecule has 3 nitrogen and oxygen atoms in total. The van der Waals surface area contributed by atoms with Crippen molar-refractivity contribution in [2.75, 3.05) is 10.6 Å². The number of hydrogen-bond acceptors (Lipinski definition) is 2. The number of benzene rings is 2. The van der Waals surface area contributed by atoms with E-state index in [1.165, 1.54) is 18.2 Å². The fourth-order valence-electron chi connectivity index (χ4n) is 2.10. The summed E-state index contributed by atoms with van der Waals surface area (Å²) in [6.07, 6.45) is 0.876. The Hall–Kier alpha value is -2.07. The quantitative estimate of drug-likeness (QED) is 0.852. The molecule has 0 aromatic heterocycles. The fourth-order valence-corrected chi connectivity index (χ4v) is 2.31. The van der Waals surface area contributed by atoms with E-state index in [2.05, 4.69) is 17.6 Å². The highest BCUT2D eigenvalue weighted by atomic mass is 35.5.